The monoisotopic (exact) mass is 277 g/mol. The lowest BCUT2D eigenvalue weighted by Crippen LogP contribution is -2.24. The standard InChI is InChI=1S/C14H15N3O.ClH/c1-10-5-4-6-11(17-10)9-16-14(18)12-7-2-3-8-13(12)15;/h2-8H,9,15H2,1H3,(H,16,18);1H. The number of hydrogen-bond acceptors (Lipinski definition) is 3. The number of benzene rings is 1. The van der Waals surface area contributed by atoms with Crippen LogP contribution in [0.15, 0.2) is 42.5 Å². The predicted molar refractivity (Wildman–Crippen MR) is 78.2 cm³/mol. The van der Waals surface area contributed by atoms with E-state index in [1.165, 1.54) is 0 Å². The maximum atomic E-state index is 11.9. The first-order chi connectivity index (χ1) is 8.66. The topological polar surface area (TPSA) is 68.0 Å². The van der Waals surface area contributed by atoms with Gasteiger partial charge in [0.15, 0.2) is 0 Å². The van der Waals surface area contributed by atoms with Crippen molar-refractivity contribution in [2.24, 2.45) is 0 Å². The Morgan fingerprint density at radius 3 is 2.63 bits per heavy atom. The second-order valence-corrected chi connectivity index (χ2v) is 4.04. The molecular weight excluding hydrogens is 262 g/mol. The number of para-hydroxylation sites is 1. The van der Waals surface area contributed by atoms with Crippen molar-refractivity contribution >= 4 is 24.0 Å². The van der Waals surface area contributed by atoms with Crippen molar-refractivity contribution in [2.75, 3.05) is 5.73 Å². The zero-order valence-corrected chi connectivity index (χ0v) is 11.4. The summed E-state index contributed by atoms with van der Waals surface area (Å²) >= 11 is 0. The second-order valence-electron chi connectivity index (χ2n) is 4.04. The van der Waals surface area contributed by atoms with E-state index in [-0.39, 0.29) is 18.3 Å². The number of nitrogens with one attached hydrogen (secondary N) is 1. The third-order valence-corrected chi connectivity index (χ3v) is 2.58. The number of nitrogen functional groups attached to an aromatic ring is 1. The van der Waals surface area contributed by atoms with Crippen LogP contribution in [0.4, 0.5) is 5.69 Å². The number of carbonyl (C=O) groups is 1. The molecule has 3 N–H and O–H groups in total. The molecule has 0 bridgehead atoms. The van der Waals surface area contributed by atoms with Crippen molar-refractivity contribution in [1.29, 1.82) is 0 Å². The van der Waals surface area contributed by atoms with Crippen molar-refractivity contribution in [1.82, 2.24) is 10.3 Å². The van der Waals surface area contributed by atoms with Crippen molar-refractivity contribution in [2.45, 2.75) is 13.5 Å². The Balaban J connectivity index is 0.00000180. The fourth-order valence-electron chi connectivity index (χ4n) is 1.67. The molecule has 1 aromatic heterocycles. The number of nitrogens with two attached hydrogens (primary N) is 1. The summed E-state index contributed by atoms with van der Waals surface area (Å²) in [4.78, 5) is 16.2. The van der Waals surface area contributed by atoms with E-state index >= 15 is 0 Å². The van der Waals surface area contributed by atoms with Crippen molar-refractivity contribution < 1.29 is 4.79 Å². The SMILES string of the molecule is Cc1cccc(CNC(=O)c2ccccc2N)n1.Cl. The molecule has 2 aromatic rings. The van der Waals surface area contributed by atoms with Crippen LogP contribution in [0.5, 0.6) is 0 Å². The zero-order valence-electron chi connectivity index (χ0n) is 10.6. The second kappa shape index (κ2) is 6.75. The van der Waals surface area contributed by atoms with E-state index in [2.05, 4.69) is 10.3 Å². The number of nitrogens with zero attached hydrogens (tertiary/aromatic N) is 1. The summed E-state index contributed by atoms with van der Waals surface area (Å²) in [5, 5.41) is 2.80. The van der Waals surface area contributed by atoms with Gasteiger partial charge in [0.2, 0.25) is 0 Å². The molecule has 0 radical (unpaired) electrons. The van der Waals surface area contributed by atoms with Gasteiger partial charge in [-0.25, -0.2) is 0 Å². The Hall–Kier alpha value is -2.07. The molecule has 2 rings (SSSR count). The van der Waals surface area contributed by atoms with Crippen LogP contribution in [0.2, 0.25) is 0 Å². The molecule has 1 amide bonds. The number of pyridine rings is 1. The van der Waals surface area contributed by atoms with Gasteiger partial charge >= 0.3 is 0 Å². The van der Waals surface area contributed by atoms with Crippen LogP contribution in [0.1, 0.15) is 21.7 Å². The number of anilines is 1. The first kappa shape index (κ1) is 15.0. The summed E-state index contributed by atoms with van der Waals surface area (Å²) in [6, 6.07) is 12.7. The highest BCUT2D eigenvalue weighted by Gasteiger charge is 2.08. The molecule has 0 unspecified atom stereocenters. The normalized spacial score (nSPS) is 9.53. The lowest BCUT2D eigenvalue weighted by molar-refractivity contribution is 0.0951. The Kier molecular flexibility index (Phi) is 5.33. The van der Waals surface area contributed by atoms with Gasteiger partial charge in [0.1, 0.15) is 0 Å². The molecular formula is C14H16ClN3O. The molecule has 19 heavy (non-hydrogen) atoms. The Labute approximate surface area is 118 Å². The summed E-state index contributed by atoms with van der Waals surface area (Å²) in [7, 11) is 0. The molecule has 0 aliphatic heterocycles. The Morgan fingerprint density at radius 2 is 1.95 bits per heavy atom. The van der Waals surface area contributed by atoms with Gasteiger partial charge in [-0.1, -0.05) is 18.2 Å². The summed E-state index contributed by atoms with van der Waals surface area (Å²) in [6.45, 7) is 2.31. The first-order valence-corrected chi connectivity index (χ1v) is 5.72. The Morgan fingerprint density at radius 1 is 1.21 bits per heavy atom. The third-order valence-electron chi connectivity index (χ3n) is 2.58. The number of carbonyl (C=O) groups excluding carboxylic acids is 1. The van der Waals surface area contributed by atoms with Crippen LogP contribution in [-0.4, -0.2) is 10.9 Å². The molecule has 0 spiro atoms. The molecule has 4 nitrogen and oxygen atoms in total. The van der Waals surface area contributed by atoms with Crippen LogP contribution < -0.4 is 11.1 Å². The van der Waals surface area contributed by atoms with Gasteiger partial charge in [-0.2, -0.15) is 0 Å². The van der Waals surface area contributed by atoms with E-state index in [1.807, 2.05) is 25.1 Å². The summed E-state index contributed by atoms with van der Waals surface area (Å²) < 4.78 is 0. The minimum absolute atomic E-state index is 0. The average Bonchev–Trinajstić information content (AvgIpc) is 2.37. The molecule has 0 aliphatic rings. The highest BCUT2D eigenvalue weighted by atomic mass is 35.5. The number of hydrogen-bond donors (Lipinski definition) is 2. The summed E-state index contributed by atoms with van der Waals surface area (Å²) in [6.07, 6.45) is 0. The van der Waals surface area contributed by atoms with E-state index in [9.17, 15) is 4.79 Å². The molecule has 0 saturated heterocycles. The van der Waals surface area contributed by atoms with E-state index in [1.54, 1.807) is 24.3 Å². The molecule has 100 valence electrons. The number of halogens is 1. The number of amides is 1. The van der Waals surface area contributed by atoms with Gasteiger partial charge < -0.3 is 11.1 Å². The van der Waals surface area contributed by atoms with E-state index in [0.29, 0.717) is 17.8 Å². The van der Waals surface area contributed by atoms with Crippen molar-refractivity contribution in [3.63, 3.8) is 0 Å². The average molecular weight is 278 g/mol. The molecule has 1 aromatic carbocycles. The van der Waals surface area contributed by atoms with E-state index < -0.39 is 0 Å². The predicted octanol–water partition coefficient (Wildman–Crippen LogP) is 2.32. The molecule has 5 heteroatoms. The van der Waals surface area contributed by atoms with Crippen LogP contribution in [0.25, 0.3) is 0 Å². The molecule has 0 aliphatic carbocycles. The van der Waals surface area contributed by atoms with Crippen LogP contribution >= 0.6 is 12.4 Å². The molecule has 0 atom stereocenters. The fourth-order valence-corrected chi connectivity index (χ4v) is 1.67. The van der Waals surface area contributed by atoms with Gasteiger partial charge in [0.25, 0.3) is 5.91 Å². The van der Waals surface area contributed by atoms with E-state index in [4.69, 9.17) is 5.73 Å². The van der Waals surface area contributed by atoms with E-state index in [0.717, 1.165) is 11.4 Å². The number of aromatic nitrogens is 1. The van der Waals surface area contributed by atoms with Gasteiger partial charge in [0.05, 0.1) is 17.8 Å². The smallest absolute Gasteiger partial charge is 0.253 e. The maximum absolute atomic E-state index is 11.9. The number of rotatable bonds is 3. The quantitative estimate of drug-likeness (QED) is 0.846. The van der Waals surface area contributed by atoms with Crippen LogP contribution in [0, 0.1) is 6.92 Å². The summed E-state index contributed by atoms with van der Waals surface area (Å²) in [5.74, 6) is -0.184. The Bertz CT molecular complexity index is 572. The molecule has 0 saturated carbocycles. The molecule has 0 fully saturated rings. The fraction of sp³-hybridized carbons (Fsp3) is 0.143. The zero-order chi connectivity index (χ0) is 13.0. The minimum atomic E-state index is -0.184. The highest BCUT2D eigenvalue weighted by Crippen LogP contribution is 2.10. The number of aryl methyl sites for hydroxylation is 1. The summed E-state index contributed by atoms with van der Waals surface area (Å²) in [5.41, 5.74) is 8.47. The first-order valence-electron chi connectivity index (χ1n) is 5.72. The maximum Gasteiger partial charge on any atom is 0.253 e. The third kappa shape index (κ3) is 3.96. The molecule has 1 heterocycles. The van der Waals surface area contributed by atoms with Gasteiger partial charge in [0, 0.05) is 11.4 Å². The van der Waals surface area contributed by atoms with Gasteiger partial charge in [-0.3, -0.25) is 9.78 Å². The van der Waals surface area contributed by atoms with Crippen LogP contribution in [0.3, 0.4) is 0 Å². The largest absolute Gasteiger partial charge is 0.398 e. The van der Waals surface area contributed by atoms with Crippen LogP contribution in [-0.2, 0) is 6.54 Å². The van der Waals surface area contributed by atoms with Gasteiger partial charge in [-0.15, -0.1) is 12.4 Å². The van der Waals surface area contributed by atoms with Crippen molar-refractivity contribution in [3.05, 3.63) is 59.4 Å². The van der Waals surface area contributed by atoms with Gasteiger partial charge in [-0.05, 0) is 31.2 Å². The highest BCUT2D eigenvalue weighted by molar-refractivity contribution is 5.98. The lowest BCUT2D eigenvalue weighted by atomic mass is 10.1. The minimum Gasteiger partial charge on any atom is -0.398 e. The van der Waals surface area contributed by atoms with Crippen molar-refractivity contribution in [3.8, 4) is 0 Å². The lowest BCUT2D eigenvalue weighted by Gasteiger charge is -2.07.